The molecule has 4 aromatic carbocycles. The van der Waals surface area contributed by atoms with Gasteiger partial charge in [-0.2, -0.15) is 0 Å². The smallest absolute Gasteiger partial charge is 0.339 e. The van der Waals surface area contributed by atoms with Crippen LogP contribution in [0.15, 0.2) is 66.7 Å². The molecule has 0 bridgehead atoms. The number of phenols is 2. The van der Waals surface area contributed by atoms with E-state index in [0.717, 1.165) is 10.8 Å². The van der Waals surface area contributed by atoms with E-state index in [0.29, 0.717) is 10.8 Å². The van der Waals surface area contributed by atoms with Crippen molar-refractivity contribution < 1.29 is 35.1 Å². The van der Waals surface area contributed by atoms with Crippen LogP contribution in [0.4, 0.5) is 0 Å². The summed E-state index contributed by atoms with van der Waals surface area (Å²) in [5.74, 6) is -2.89. The molecule has 0 heterocycles. The minimum atomic E-state index is -1.21. The first-order chi connectivity index (χ1) is 14.3. The van der Waals surface area contributed by atoms with E-state index < -0.39 is 18.5 Å². The first kappa shape index (κ1) is 20.6. The zero-order valence-electron chi connectivity index (χ0n) is 15.6. The Kier molecular flexibility index (Phi) is 5.85. The average molecular weight is 406 g/mol. The van der Waals surface area contributed by atoms with Crippen LogP contribution in [0.25, 0.3) is 21.5 Å². The Morgan fingerprint density at radius 3 is 1.77 bits per heavy atom. The van der Waals surface area contributed by atoms with Crippen LogP contribution in [0, 0.1) is 0 Å². The van der Waals surface area contributed by atoms with Gasteiger partial charge in [0, 0.05) is 5.56 Å². The van der Waals surface area contributed by atoms with Gasteiger partial charge in [-0.15, -0.1) is 0 Å². The topological polar surface area (TPSA) is 135 Å². The van der Waals surface area contributed by atoms with Crippen LogP contribution < -0.4 is 0 Å². The summed E-state index contributed by atoms with van der Waals surface area (Å²) in [6.45, 7) is -0.395. The summed E-state index contributed by atoms with van der Waals surface area (Å²) < 4.78 is 0. The summed E-state index contributed by atoms with van der Waals surface area (Å²) in [5.41, 5.74) is -0.0121. The molecule has 0 amide bonds. The molecular formula is C23H18O7. The number of aliphatic hydroxyl groups excluding tert-OH is 1. The molecule has 0 spiro atoms. The monoisotopic (exact) mass is 406 g/mol. The van der Waals surface area contributed by atoms with E-state index in [9.17, 15) is 19.8 Å². The summed E-state index contributed by atoms with van der Waals surface area (Å²) in [6.07, 6.45) is 0. The molecule has 5 N–H and O–H groups in total. The molecule has 0 saturated heterocycles. The van der Waals surface area contributed by atoms with Crippen molar-refractivity contribution in [3.63, 3.8) is 0 Å². The lowest BCUT2D eigenvalue weighted by Crippen LogP contribution is -2.00. The van der Waals surface area contributed by atoms with Gasteiger partial charge in [0.15, 0.2) is 0 Å². The number of carboxylic acids is 2. The van der Waals surface area contributed by atoms with Crippen LogP contribution in [-0.2, 0) is 6.61 Å². The zero-order valence-corrected chi connectivity index (χ0v) is 15.6. The molecule has 0 unspecified atom stereocenters. The van der Waals surface area contributed by atoms with Gasteiger partial charge in [-0.3, -0.25) is 0 Å². The Labute approximate surface area is 170 Å². The molecule has 0 aliphatic rings. The molecule has 0 aliphatic carbocycles. The van der Waals surface area contributed by atoms with Gasteiger partial charge in [0.25, 0.3) is 0 Å². The molecule has 7 nitrogen and oxygen atoms in total. The van der Waals surface area contributed by atoms with E-state index >= 15 is 0 Å². The van der Waals surface area contributed by atoms with E-state index in [1.54, 1.807) is 30.3 Å². The Bertz CT molecular complexity index is 1260. The number of carboxylic acid groups (broad SMARTS) is 2. The quantitative estimate of drug-likeness (QED) is 0.347. The molecule has 7 heteroatoms. The third-order valence-electron chi connectivity index (χ3n) is 4.61. The summed E-state index contributed by atoms with van der Waals surface area (Å²) in [4.78, 5) is 21.6. The molecule has 4 rings (SSSR count). The molecule has 0 aliphatic heterocycles. The summed E-state index contributed by atoms with van der Waals surface area (Å²) in [6, 6.07) is 18.6. The molecular weight excluding hydrogens is 388 g/mol. The normalized spacial score (nSPS) is 10.4. The molecule has 0 atom stereocenters. The summed E-state index contributed by atoms with van der Waals surface area (Å²) in [7, 11) is 0. The molecule has 0 radical (unpaired) electrons. The Hall–Kier alpha value is -4.10. The minimum Gasteiger partial charge on any atom is -0.507 e. The van der Waals surface area contributed by atoms with Crippen molar-refractivity contribution in [2.24, 2.45) is 0 Å². The molecule has 0 fully saturated rings. The van der Waals surface area contributed by atoms with E-state index in [2.05, 4.69) is 0 Å². The van der Waals surface area contributed by atoms with Gasteiger partial charge in [0.2, 0.25) is 0 Å². The van der Waals surface area contributed by atoms with Crippen molar-refractivity contribution in [2.75, 3.05) is 0 Å². The van der Waals surface area contributed by atoms with Gasteiger partial charge >= 0.3 is 11.9 Å². The van der Waals surface area contributed by atoms with Crippen LogP contribution in [0.3, 0.4) is 0 Å². The van der Waals surface area contributed by atoms with Crippen LogP contribution in [0.2, 0.25) is 0 Å². The van der Waals surface area contributed by atoms with Crippen molar-refractivity contribution in [2.45, 2.75) is 6.61 Å². The van der Waals surface area contributed by atoms with E-state index in [1.807, 2.05) is 18.2 Å². The Morgan fingerprint density at radius 2 is 1.20 bits per heavy atom. The standard InChI is InChI=1S/C12H10O4.C11H8O3/c13-6-10-8-4-2-1-3-7(8)5-9(11(10)14)12(15)16;12-10-6-8-4-2-1-3-7(8)5-9(10)11(13)14/h1-5,13-14H,6H2,(H,15,16);1-6,12H,(H,13,14). The maximum absolute atomic E-state index is 10.9. The minimum absolute atomic E-state index is 0.0660. The maximum Gasteiger partial charge on any atom is 0.339 e. The highest BCUT2D eigenvalue weighted by atomic mass is 16.4. The van der Waals surface area contributed by atoms with Gasteiger partial charge in [-0.25, -0.2) is 9.59 Å². The second kappa shape index (κ2) is 8.50. The number of fused-ring (bicyclic) bond motifs is 2. The SMILES string of the molecule is O=C(O)c1cc2ccccc2c(CO)c1O.O=C(O)c1cc2ccccc2cc1O. The van der Waals surface area contributed by atoms with E-state index in [-0.39, 0.29) is 28.2 Å². The van der Waals surface area contributed by atoms with Gasteiger partial charge in [0.05, 0.1) is 6.61 Å². The lowest BCUT2D eigenvalue weighted by Gasteiger charge is -2.09. The number of aromatic hydroxyl groups is 2. The van der Waals surface area contributed by atoms with Crippen molar-refractivity contribution >= 4 is 33.5 Å². The fourth-order valence-electron chi connectivity index (χ4n) is 3.13. The fraction of sp³-hybridized carbons (Fsp3) is 0.0435. The molecule has 4 aromatic rings. The third-order valence-corrected chi connectivity index (χ3v) is 4.61. The Balaban J connectivity index is 0.000000172. The van der Waals surface area contributed by atoms with Gasteiger partial charge < -0.3 is 25.5 Å². The van der Waals surface area contributed by atoms with Crippen molar-refractivity contribution in [1.29, 1.82) is 0 Å². The largest absolute Gasteiger partial charge is 0.507 e. The number of hydrogen-bond acceptors (Lipinski definition) is 5. The first-order valence-corrected chi connectivity index (χ1v) is 8.86. The number of hydrogen-bond donors (Lipinski definition) is 5. The maximum atomic E-state index is 10.9. The van der Waals surface area contributed by atoms with Crippen LogP contribution >= 0.6 is 0 Å². The first-order valence-electron chi connectivity index (χ1n) is 8.86. The van der Waals surface area contributed by atoms with Gasteiger partial charge in [-0.1, -0.05) is 48.5 Å². The number of aliphatic hydroxyl groups is 1. The van der Waals surface area contributed by atoms with Gasteiger partial charge in [0.1, 0.15) is 22.6 Å². The zero-order chi connectivity index (χ0) is 21.8. The molecule has 30 heavy (non-hydrogen) atoms. The van der Waals surface area contributed by atoms with Crippen LogP contribution in [-0.4, -0.2) is 37.5 Å². The lowest BCUT2D eigenvalue weighted by molar-refractivity contribution is 0.0682. The van der Waals surface area contributed by atoms with Crippen molar-refractivity contribution in [3.05, 3.63) is 83.4 Å². The summed E-state index contributed by atoms with van der Waals surface area (Å²) >= 11 is 0. The molecule has 152 valence electrons. The highest BCUT2D eigenvalue weighted by Gasteiger charge is 2.16. The number of aromatic carboxylic acids is 2. The number of rotatable bonds is 3. The predicted molar refractivity (Wildman–Crippen MR) is 111 cm³/mol. The van der Waals surface area contributed by atoms with E-state index in [4.69, 9.17) is 15.3 Å². The number of carbonyl (C=O) groups is 2. The lowest BCUT2D eigenvalue weighted by atomic mass is 10.00. The van der Waals surface area contributed by atoms with Crippen molar-refractivity contribution in [1.82, 2.24) is 0 Å². The highest BCUT2D eigenvalue weighted by Crippen LogP contribution is 2.31. The van der Waals surface area contributed by atoms with Crippen LogP contribution in [0.5, 0.6) is 11.5 Å². The van der Waals surface area contributed by atoms with E-state index in [1.165, 1.54) is 18.2 Å². The molecule has 0 aromatic heterocycles. The average Bonchev–Trinajstić information content (AvgIpc) is 2.73. The van der Waals surface area contributed by atoms with Crippen molar-refractivity contribution in [3.8, 4) is 11.5 Å². The third kappa shape index (κ3) is 4.01. The second-order valence-corrected chi connectivity index (χ2v) is 6.46. The highest BCUT2D eigenvalue weighted by molar-refractivity contribution is 5.99. The second-order valence-electron chi connectivity index (χ2n) is 6.46. The molecule has 0 saturated carbocycles. The predicted octanol–water partition coefficient (Wildman–Crippen LogP) is 3.98. The Morgan fingerprint density at radius 1 is 0.700 bits per heavy atom. The van der Waals surface area contributed by atoms with Gasteiger partial charge in [-0.05, 0) is 39.7 Å². The summed E-state index contributed by atoms with van der Waals surface area (Å²) in [5, 5.41) is 48.9. The number of benzene rings is 4. The van der Waals surface area contributed by atoms with Crippen LogP contribution in [0.1, 0.15) is 26.3 Å². The fourth-order valence-corrected chi connectivity index (χ4v) is 3.13.